The van der Waals surface area contributed by atoms with Gasteiger partial charge in [0.05, 0.1) is 6.61 Å². The molecule has 0 radical (unpaired) electrons. The van der Waals surface area contributed by atoms with Gasteiger partial charge in [0, 0.05) is 6.04 Å². The Bertz CT molecular complexity index is 178. The Balaban J connectivity index is 2.20. The molecule has 14 heavy (non-hydrogen) atoms. The lowest BCUT2D eigenvalue weighted by atomic mass is 10.1. The molecule has 1 aliphatic rings. The smallest absolute Gasteiger partial charge is 0.332 e. The minimum Gasteiger partial charge on any atom is -0.479 e. The summed E-state index contributed by atoms with van der Waals surface area (Å²) in [6, 6.07) is 0.345. The molecule has 0 aromatic heterocycles. The van der Waals surface area contributed by atoms with Crippen LogP contribution in [-0.4, -0.2) is 36.4 Å². The summed E-state index contributed by atoms with van der Waals surface area (Å²) < 4.78 is 5.33. The highest BCUT2D eigenvalue weighted by molar-refractivity contribution is 5.72. The minimum absolute atomic E-state index is 0.345. The van der Waals surface area contributed by atoms with Crippen molar-refractivity contribution in [1.82, 2.24) is 5.32 Å². The lowest BCUT2D eigenvalue weighted by molar-refractivity contribution is -0.151. The number of nitrogens with one attached hydrogen (secondary N) is 1. The van der Waals surface area contributed by atoms with E-state index in [9.17, 15) is 4.79 Å². The number of aliphatic carboxylic acids is 1. The Labute approximate surface area is 84.6 Å². The fraction of sp³-hybridized carbons (Fsp3) is 0.900. The monoisotopic (exact) mass is 201 g/mol. The van der Waals surface area contributed by atoms with Crippen LogP contribution in [0.1, 0.15) is 32.6 Å². The van der Waals surface area contributed by atoms with Gasteiger partial charge in [0.1, 0.15) is 0 Å². The van der Waals surface area contributed by atoms with Crippen LogP contribution in [0.3, 0.4) is 0 Å². The number of rotatable bonds is 5. The summed E-state index contributed by atoms with van der Waals surface area (Å²) in [5.74, 6) is -0.858. The molecule has 1 aliphatic heterocycles. The molecule has 0 amide bonds. The normalized spacial score (nSPS) is 24.5. The maximum Gasteiger partial charge on any atom is 0.332 e. The first-order valence-corrected chi connectivity index (χ1v) is 5.31. The third-order valence-corrected chi connectivity index (χ3v) is 2.56. The molecular weight excluding hydrogens is 182 g/mol. The van der Waals surface area contributed by atoms with E-state index in [1.807, 2.05) is 6.92 Å². The molecule has 0 spiro atoms. The number of carbonyl (C=O) groups is 1. The summed E-state index contributed by atoms with van der Waals surface area (Å²) in [6.07, 6.45) is 3.41. The molecule has 1 rings (SSSR count). The SMILES string of the molecule is CCC(OCC1CCCCN1)C(=O)O. The Kier molecular flexibility index (Phi) is 4.90. The van der Waals surface area contributed by atoms with Gasteiger partial charge in [0.2, 0.25) is 0 Å². The molecule has 0 aromatic rings. The van der Waals surface area contributed by atoms with E-state index in [0.717, 1.165) is 13.0 Å². The fourth-order valence-corrected chi connectivity index (χ4v) is 1.66. The van der Waals surface area contributed by atoms with Crippen molar-refractivity contribution in [3.8, 4) is 0 Å². The van der Waals surface area contributed by atoms with Gasteiger partial charge in [-0.3, -0.25) is 0 Å². The summed E-state index contributed by atoms with van der Waals surface area (Å²) in [5, 5.41) is 12.1. The molecule has 0 aromatic carbocycles. The van der Waals surface area contributed by atoms with E-state index in [1.54, 1.807) is 0 Å². The van der Waals surface area contributed by atoms with Crippen molar-refractivity contribution in [1.29, 1.82) is 0 Å². The quantitative estimate of drug-likeness (QED) is 0.697. The Morgan fingerprint density at radius 3 is 2.93 bits per heavy atom. The Morgan fingerprint density at radius 1 is 1.64 bits per heavy atom. The van der Waals surface area contributed by atoms with Crippen LogP contribution >= 0.6 is 0 Å². The zero-order valence-corrected chi connectivity index (χ0v) is 8.66. The van der Waals surface area contributed by atoms with Crippen LogP contribution < -0.4 is 5.32 Å². The largest absolute Gasteiger partial charge is 0.479 e. The zero-order valence-electron chi connectivity index (χ0n) is 8.66. The average molecular weight is 201 g/mol. The first-order valence-electron chi connectivity index (χ1n) is 5.31. The van der Waals surface area contributed by atoms with E-state index >= 15 is 0 Å². The van der Waals surface area contributed by atoms with Crippen LogP contribution in [0.5, 0.6) is 0 Å². The third kappa shape index (κ3) is 3.64. The van der Waals surface area contributed by atoms with Crippen molar-refractivity contribution >= 4 is 5.97 Å². The van der Waals surface area contributed by atoms with E-state index in [-0.39, 0.29) is 0 Å². The van der Waals surface area contributed by atoms with Crippen LogP contribution in [0.4, 0.5) is 0 Å². The van der Waals surface area contributed by atoms with Crippen molar-refractivity contribution in [3.05, 3.63) is 0 Å². The highest BCUT2D eigenvalue weighted by Gasteiger charge is 2.19. The third-order valence-electron chi connectivity index (χ3n) is 2.56. The van der Waals surface area contributed by atoms with E-state index < -0.39 is 12.1 Å². The molecule has 1 heterocycles. The second-order valence-corrected chi connectivity index (χ2v) is 3.72. The first-order chi connectivity index (χ1) is 6.74. The lowest BCUT2D eigenvalue weighted by Crippen LogP contribution is -2.39. The van der Waals surface area contributed by atoms with E-state index in [4.69, 9.17) is 9.84 Å². The van der Waals surface area contributed by atoms with Crippen molar-refractivity contribution in [2.45, 2.75) is 44.8 Å². The van der Waals surface area contributed by atoms with Gasteiger partial charge < -0.3 is 15.2 Å². The van der Waals surface area contributed by atoms with Gasteiger partial charge in [-0.15, -0.1) is 0 Å². The van der Waals surface area contributed by atoms with Crippen LogP contribution in [0.25, 0.3) is 0 Å². The van der Waals surface area contributed by atoms with Crippen molar-refractivity contribution in [3.63, 3.8) is 0 Å². The predicted octanol–water partition coefficient (Wildman–Crippen LogP) is 1.01. The maximum absolute atomic E-state index is 10.7. The van der Waals surface area contributed by atoms with Gasteiger partial charge in [-0.2, -0.15) is 0 Å². The number of carboxylic acid groups (broad SMARTS) is 1. The van der Waals surface area contributed by atoms with Crippen molar-refractivity contribution in [2.75, 3.05) is 13.2 Å². The first kappa shape index (κ1) is 11.5. The van der Waals surface area contributed by atoms with Gasteiger partial charge >= 0.3 is 5.97 Å². The lowest BCUT2D eigenvalue weighted by Gasteiger charge is -2.24. The predicted molar refractivity (Wildman–Crippen MR) is 53.3 cm³/mol. The number of hydrogen-bond donors (Lipinski definition) is 2. The molecule has 0 aliphatic carbocycles. The van der Waals surface area contributed by atoms with Crippen molar-refractivity contribution < 1.29 is 14.6 Å². The molecule has 4 heteroatoms. The summed E-state index contributed by atoms with van der Waals surface area (Å²) in [7, 11) is 0. The molecule has 2 unspecified atom stereocenters. The molecule has 2 atom stereocenters. The molecular formula is C10H19NO3. The van der Waals surface area contributed by atoms with Crippen molar-refractivity contribution in [2.24, 2.45) is 0 Å². The van der Waals surface area contributed by atoms with Gasteiger partial charge in [-0.1, -0.05) is 13.3 Å². The molecule has 1 fully saturated rings. The van der Waals surface area contributed by atoms with Crippen LogP contribution in [-0.2, 0) is 9.53 Å². The fourth-order valence-electron chi connectivity index (χ4n) is 1.66. The Hall–Kier alpha value is -0.610. The van der Waals surface area contributed by atoms with Crippen LogP contribution in [0.2, 0.25) is 0 Å². The number of piperidine rings is 1. The molecule has 2 N–H and O–H groups in total. The number of hydrogen-bond acceptors (Lipinski definition) is 3. The topological polar surface area (TPSA) is 58.6 Å². The molecule has 1 saturated heterocycles. The van der Waals surface area contributed by atoms with Gasteiger partial charge in [0.25, 0.3) is 0 Å². The van der Waals surface area contributed by atoms with E-state index in [2.05, 4.69) is 5.32 Å². The number of ether oxygens (including phenoxy) is 1. The van der Waals surface area contributed by atoms with Crippen LogP contribution in [0.15, 0.2) is 0 Å². The highest BCUT2D eigenvalue weighted by Crippen LogP contribution is 2.08. The highest BCUT2D eigenvalue weighted by atomic mass is 16.5. The minimum atomic E-state index is -0.858. The molecule has 0 saturated carbocycles. The molecule has 0 bridgehead atoms. The second-order valence-electron chi connectivity index (χ2n) is 3.72. The van der Waals surface area contributed by atoms with Gasteiger partial charge in [-0.05, 0) is 25.8 Å². The summed E-state index contributed by atoms with van der Waals surface area (Å²) in [4.78, 5) is 10.7. The second kappa shape index (κ2) is 5.98. The summed E-state index contributed by atoms with van der Waals surface area (Å²) in [6.45, 7) is 3.37. The number of carboxylic acids is 1. The molecule has 4 nitrogen and oxygen atoms in total. The zero-order chi connectivity index (χ0) is 10.4. The Morgan fingerprint density at radius 2 is 2.43 bits per heavy atom. The molecule has 82 valence electrons. The average Bonchev–Trinajstić information content (AvgIpc) is 2.20. The van der Waals surface area contributed by atoms with Crippen LogP contribution in [0, 0.1) is 0 Å². The summed E-state index contributed by atoms with van der Waals surface area (Å²) >= 11 is 0. The standard InChI is InChI=1S/C10H19NO3/c1-2-9(10(12)13)14-7-8-5-3-4-6-11-8/h8-9,11H,2-7H2,1H3,(H,12,13). The summed E-state index contributed by atoms with van der Waals surface area (Å²) in [5.41, 5.74) is 0. The van der Waals surface area contributed by atoms with Gasteiger partial charge in [-0.25, -0.2) is 4.79 Å². The van der Waals surface area contributed by atoms with E-state index in [1.165, 1.54) is 12.8 Å². The van der Waals surface area contributed by atoms with Gasteiger partial charge in [0.15, 0.2) is 6.10 Å². The maximum atomic E-state index is 10.7. The van der Waals surface area contributed by atoms with E-state index in [0.29, 0.717) is 19.1 Å².